The van der Waals surface area contributed by atoms with E-state index >= 15 is 0 Å². The molecule has 1 aromatic carbocycles. The number of benzene rings is 1. The Hall–Kier alpha value is -2.88. The maximum absolute atomic E-state index is 12.8. The molecule has 0 N–H and O–H groups in total. The van der Waals surface area contributed by atoms with Crippen LogP contribution in [0.3, 0.4) is 0 Å². The molecule has 0 atom stereocenters. The first-order chi connectivity index (χ1) is 11.5. The summed E-state index contributed by atoms with van der Waals surface area (Å²) >= 11 is 0. The van der Waals surface area contributed by atoms with Gasteiger partial charge >= 0.3 is 0 Å². The number of aromatic nitrogens is 2. The minimum Gasteiger partial charge on any atom is -0.464 e. The molecule has 0 bridgehead atoms. The zero-order valence-corrected chi connectivity index (χ0v) is 14.2. The van der Waals surface area contributed by atoms with Gasteiger partial charge in [0.25, 0.3) is 5.56 Å². The summed E-state index contributed by atoms with van der Waals surface area (Å²) in [4.78, 5) is 17.0. The number of aryl methyl sites for hydroxylation is 3. The minimum atomic E-state index is 0.00656. The van der Waals surface area contributed by atoms with Crippen LogP contribution in [0.2, 0.25) is 0 Å². The molecule has 0 unspecified atom stereocenters. The zero-order valence-electron chi connectivity index (χ0n) is 14.2. The van der Waals surface area contributed by atoms with Gasteiger partial charge in [-0.2, -0.15) is 0 Å². The third-order valence-electron chi connectivity index (χ3n) is 4.82. The molecule has 0 spiro atoms. The Morgan fingerprint density at radius 2 is 1.92 bits per heavy atom. The molecule has 4 aromatic rings. The van der Waals surface area contributed by atoms with Crippen molar-refractivity contribution in [3.8, 4) is 11.1 Å². The van der Waals surface area contributed by atoms with Crippen molar-refractivity contribution >= 4 is 21.9 Å². The fourth-order valence-corrected chi connectivity index (χ4v) is 3.61. The third-order valence-corrected chi connectivity index (χ3v) is 4.82. The number of rotatable bonds is 1. The number of hydrogen-bond acceptors (Lipinski definition) is 3. The summed E-state index contributed by atoms with van der Waals surface area (Å²) in [6, 6.07) is 6.02. The molecule has 3 aromatic heterocycles. The Morgan fingerprint density at radius 3 is 2.62 bits per heavy atom. The van der Waals surface area contributed by atoms with Crippen molar-refractivity contribution in [2.45, 2.75) is 20.8 Å². The topological polar surface area (TPSA) is 48.0 Å². The van der Waals surface area contributed by atoms with E-state index in [-0.39, 0.29) is 5.56 Å². The lowest BCUT2D eigenvalue weighted by Crippen LogP contribution is -2.21. The van der Waals surface area contributed by atoms with Crippen LogP contribution in [-0.2, 0) is 7.05 Å². The monoisotopic (exact) mass is 318 g/mol. The van der Waals surface area contributed by atoms with Crippen LogP contribution in [0, 0.1) is 20.8 Å². The Balaban J connectivity index is 2.31. The molecule has 0 fully saturated rings. The predicted octanol–water partition coefficient (Wildman–Crippen LogP) is 4.27. The van der Waals surface area contributed by atoms with Crippen molar-refractivity contribution in [2.24, 2.45) is 7.05 Å². The van der Waals surface area contributed by atoms with Gasteiger partial charge in [0.1, 0.15) is 5.58 Å². The summed E-state index contributed by atoms with van der Waals surface area (Å²) in [6.45, 7) is 5.93. The van der Waals surface area contributed by atoms with Gasteiger partial charge in [-0.15, -0.1) is 0 Å². The average molecular weight is 318 g/mol. The SMILES string of the molecule is Cc1c(-c2cccnc2)c2cc3c(C)coc3c(C)c2n(C)c1=O. The third kappa shape index (κ3) is 1.86. The molecule has 0 aliphatic rings. The normalized spacial score (nSPS) is 11.5. The number of pyridine rings is 2. The van der Waals surface area contributed by atoms with Crippen LogP contribution < -0.4 is 5.56 Å². The summed E-state index contributed by atoms with van der Waals surface area (Å²) in [7, 11) is 1.82. The summed E-state index contributed by atoms with van der Waals surface area (Å²) in [6.07, 6.45) is 5.32. The second kappa shape index (κ2) is 5.06. The van der Waals surface area contributed by atoms with Crippen molar-refractivity contribution in [1.82, 2.24) is 9.55 Å². The second-order valence-corrected chi connectivity index (χ2v) is 6.30. The van der Waals surface area contributed by atoms with Crippen LogP contribution in [-0.4, -0.2) is 9.55 Å². The maximum Gasteiger partial charge on any atom is 0.254 e. The molecular formula is C20H18N2O2. The molecule has 0 amide bonds. The molecular weight excluding hydrogens is 300 g/mol. The van der Waals surface area contributed by atoms with Crippen LogP contribution in [0.25, 0.3) is 33.0 Å². The van der Waals surface area contributed by atoms with Crippen LogP contribution in [0.15, 0.2) is 46.1 Å². The number of nitrogens with zero attached hydrogens (tertiary/aromatic N) is 2. The Bertz CT molecular complexity index is 1150. The van der Waals surface area contributed by atoms with Gasteiger partial charge in [-0.05, 0) is 38.5 Å². The van der Waals surface area contributed by atoms with E-state index in [4.69, 9.17) is 4.42 Å². The van der Waals surface area contributed by atoms with Gasteiger partial charge in [0, 0.05) is 52.5 Å². The molecule has 4 rings (SSSR count). The van der Waals surface area contributed by atoms with Crippen molar-refractivity contribution in [3.05, 3.63) is 63.9 Å². The van der Waals surface area contributed by atoms with Crippen molar-refractivity contribution in [2.75, 3.05) is 0 Å². The van der Waals surface area contributed by atoms with Crippen molar-refractivity contribution in [1.29, 1.82) is 0 Å². The lowest BCUT2D eigenvalue weighted by atomic mass is 9.94. The highest BCUT2D eigenvalue weighted by Gasteiger charge is 2.19. The van der Waals surface area contributed by atoms with Gasteiger partial charge in [-0.3, -0.25) is 9.78 Å². The lowest BCUT2D eigenvalue weighted by molar-refractivity contribution is 0.610. The fourth-order valence-electron chi connectivity index (χ4n) is 3.61. The van der Waals surface area contributed by atoms with E-state index in [0.29, 0.717) is 0 Å². The number of hydrogen-bond donors (Lipinski definition) is 0. The second-order valence-electron chi connectivity index (χ2n) is 6.30. The standard InChI is InChI=1S/C20H18N2O2/c1-11-10-24-19-13(3)18-16(8-15(11)19)17(12(2)20(23)22(18)4)14-6-5-7-21-9-14/h5-10H,1-4H3. The Labute approximate surface area is 139 Å². The van der Waals surface area contributed by atoms with E-state index in [1.54, 1.807) is 17.0 Å². The minimum absolute atomic E-state index is 0.00656. The van der Waals surface area contributed by atoms with Crippen LogP contribution in [0.5, 0.6) is 0 Å². The summed E-state index contributed by atoms with van der Waals surface area (Å²) in [5.74, 6) is 0. The van der Waals surface area contributed by atoms with E-state index in [0.717, 1.165) is 49.7 Å². The molecule has 0 aliphatic heterocycles. The van der Waals surface area contributed by atoms with Gasteiger partial charge in [-0.25, -0.2) is 0 Å². The number of furan rings is 1. The summed E-state index contributed by atoms with van der Waals surface area (Å²) in [5.41, 5.74) is 6.48. The molecule has 0 saturated carbocycles. The highest BCUT2D eigenvalue weighted by Crippen LogP contribution is 2.36. The lowest BCUT2D eigenvalue weighted by Gasteiger charge is -2.16. The summed E-state index contributed by atoms with van der Waals surface area (Å²) < 4.78 is 7.45. The van der Waals surface area contributed by atoms with Gasteiger partial charge in [0.15, 0.2) is 0 Å². The van der Waals surface area contributed by atoms with E-state index in [2.05, 4.69) is 11.1 Å². The fraction of sp³-hybridized carbons (Fsp3) is 0.200. The molecule has 0 aliphatic carbocycles. The van der Waals surface area contributed by atoms with Crippen LogP contribution in [0.4, 0.5) is 0 Å². The summed E-state index contributed by atoms with van der Waals surface area (Å²) in [5, 5.41) is 2.14. The van der Waals surface area contributed by atoms with E-state index in [1.807, 2.05) is 46.1 Å². The molecule has 0 radical (unpaired) electrons. The van der Waals surface area contributed by atoms with E-state index < -0.39 is 0 Å². The van der Waals surface area contributed by atoms with Crippen LogP contribution >= 0.6 is 0 Å². The van der Waals surface area contributed by atoms with Crippen LogP contribution in [0.1, 0.15) is 16.7 Å². The average Bonchev–Trinajstić information content (AvgIpc) is 2.95. The first-order valence-electron chi connectivity index (χ1n) is 7.91. The first-order valence-corrected chi connectivity index (χ1v) is 7.91. The zero-order chi connectivity index (χ0) is 17.0. The molecule has 0 saturated heterocycles. The molecule has 4 nitrogen and oxygen atoms in total. The van der Waals surface area contributed by atoms with Gasteiger partial charge in [-0.1, -0.05) is 6.07 Å². The largest absolute Gasteiger partial charge is 0.464 e. The molecule has 24 heavy (non-hydrogen) atoms. The van der Waals surface area contributed by atoms with Crippen molar-refractivity contribution < 1.29 is 4.42 Å². The van der Waals surface area contributed by atoms with Gasteiger partial charge in [0.05, 0.1) is 11.8 Å². The van der Waals surface area contributed by atoms with Crippen molar-refractivity contribution in [3.63, 3.8) is 0 Å². The van der Waals surface area contributed by atoms with E-state index in [9.17, 15) is 4.79 Å². The molecule has 120 valence electrons. The van der Waals surface area contributed by atoms with Gasteiger partial charge in [0.2, 0.25) is 0 Å². The molecule has 3 heterocycles. The quantitative estimate of drug-likeness (QED) is 0.526. The number of fused-ring (bicyclic) bond motifs is 2. The predicted molar refractivity (Wildman–Crippen MR) is 96.4 cm³/mol. The van der Waals surface area contributed by atoms with E-state index in [1.165, 1.54) is 0 Å². The highest BCUT2D eigenvalue weighted by atomic mass is 16.3. The Kier molecular flexibility index (Phi) is 3.10. The first kappa shape index (κ1) is 14.7. The maximum atomic E-state index is 12.8. The highest BCUT2D eigenvalue weighted by molar-refractivity contribution is 6.06. The Morgan fingerprint density at radius 1 is 1.12 bits per heavy atom. The molecule has 4 heteroatoms. The van der Waals surface area contributed by atoms with Gasteiger partial charge < -0.3 is 8.98 Å². The smallest absolute Gasteiger partial charge is 0.254 e.